The molecule has 3 nitrogen and oxygen atoms in total. The molecule has 2 aromatic rings. The molecule has 2 aromatic heterocycles. The van der Waals surface area contributed by atoms with Gasteiger partial charge >= 0.3 is 0 Å². The van der Waals surface area contributed by atoms with Gasteiger partial charge in [-0.3, -0.25) is 4.40 Å². The number of imidazole rings is 1. The van der Waals surface area contributed by atoms with Crippen molar-refractivity contribution in [1.29, 1.82) is 0 Å². The summed E-state index contributed by atoms with van der Waals surface area (Å²) in [6.07, 6.45) is 6.98. The molecule has 0 radical (unpaired) electrons. The monoisotopic (exact) mass is 223 g/mol. The third-order valence-electron chi connectivity index (χ3n) is 3.08. The fourth-order valence-corrected chi connectivity index (χ4v) is 2.44. The van der Waals surface area contributed by atoms with Gasteiger partial charge in [-0.2, -0.15) is 0 Å². The van der Waals surface area contributed by atoms with Gasteiger partial charge in [0.15, 0.2) is 4.96 Å². The average Bonchev–Trinajstić information content (AvgIpc) is 2.77. The van der Waals surface area contributed by atoms with Crippen molar-refractivity contribution in [2.45, 2.75) is 38.6 Å². The van der Waals surface area contributed by atoms with Crippen molar-refractivity contribution in [3.63, 3.8) is 0 Å². The van der Waals surface area contributed by atoms with Gasteiger partial charge in [-0.15, -0.1) is 11.3 Å². The number of nitrogens with zero attached hydrogens (tertiary/aromatic N) is 2. The van der Waals surface area contributed by atoms with Crippen molar-refractivity contribution < 1.29 is 0 Å². The summed E-state index contributed by atoms with van der Waals surface area (Å²) >= 11 is 1.66. The predicted molar refractivity (Wildman–Crippen MR) is 64.3 cm³/mol. The summed E-state index contributed by atoms with van der Waals surface area (Å²) in [6.45, 7) is 4.28. The Morgan fingerprint density at radius 3 is 2.80 bits per heavy atom. The third kappa shape index (κ3) is 2.06. The summed E-state index contributed by atoms with van der Waals surface area (Å²) in [5.74, 6) is 0. The highest BCUT2D eigenvalue weighted by molar-refractivity contribution is 7.15. The fourth-order valence-electron chi connectivity index (χ4n) is 1.72. The Bertz CT molecular complexity index is 411. The highest BCUT2D eigenvalue weighted by Gasteiger charge is 2.22. The van der Waals surface area contributed by atoms with E-state index in [2.05, 4.69) is 29.4 Å². The van der Waals surface area contributed by atoms with Crippen molar-refractivity contribution in [2.75, 3.05) is 0 Å². The van der Waals surface area contributed by atoms with Crippen LogP contribution < -0.4 is 5.73 Å². The number of fused-ring (bicyclic) bond motifs is 1. The van der Waals surface area contributed by atoms with Crippen molar-refractivity contribution in [1.82, 2.24) is 9.38 Å². The zero-order valence-electron chi connectivity index (χ0n) is 9.23. The van der Waals surface area contributed by atoms with E-state index < -0.39 is 0 Å². The molecule has 2 N–H and O–H groups in total. The SMILES string of the molecule is CCC(N)(CC)Cc1cn2ccsc2n1. The van der Waals surface area contributed by atoms with E-state index >= 15 is 0 Å². The minimum atomic E-state index is -0.0932. The van der Waals surface area contributed by atoms with Gasteiger partial charge in [0, 0.05) is 29.7 Å². The lowest BCUT2D eigenvalue weighted by atomic mass is 9.89. The van der Waals surface area contributed by atoms with Crippen LogP contribution in [-0.4, -0.2) is 14.9 Å². The Morgan fingerprint density at radius 2 is 2.20 bits per heavy atom. The number of hydrogen-bond donors (Lipinski definition) is 1. The Balaban J connectivity index is 2.21. The lowest BCUT2D eigenvalue weighted by molar-refractivity contribution is 0.390. The van der Waals surface area contributed by atoms with Crippen LogP contribution in [0.3, 0.4) is 0 Å². The van der Waals surface area contributed by atoms with Gasteiger partial charge in [0.25, 0.3) is 0 Å². The quantitative estimate of drug-likeness (QED) is 0.865. The molecular formula is C11H17N3S. The van der Waals surface area contributed by atoms with E-state index in [9.17, 15) is 0 Å². The Kier molecular flexibility index (Phi) is 2.80. The fraction of sp³-hybridized carbons (Fsp3) is 0.545. The van der Waals surface area contributed by atoms with E-state index in [0.29, 0.717) is 0 Å². The van der Waals surface area contributed by atoms with Crippen LogP contribution in [0.5, 0.6) is 0 Å². The third-order valence-corrected chi connectivity index (χ3v) is 3.86. The van der Waals surface area contributed by atoms with Gasteiger partial charge in [-0.05, 0) is 12.8 Å². The van der Waals surface area contributed by atoms with Crippen LogP contribution in [0, 0.1) is 0 Å². The van der Waals surface area contributed by atoms with Crippen LogP contribution in [0.4, 0.5) is 0 Å². The first kappa shape index (κ1) is 10.6. The van der Waals surface area contributed by atoms with Gasteiger partial charge in [0.05, 0.1) is 5.69 Å². The zero-order valence-corrected chi connectivity index (χ0v) is 10.0. The molecule has 0 aromatic carbocycles. The molecular weight excluding hydrogens is 206 g/mol. The van der Waals surface area contributed by atoms with E-state index in [-0.39, 0.29) is 5.54 Å². The normalized spacial score (nSPS) is 12.5. The van der Waals surface area contributed by atoms with Gasteiger partial charge in [-0.25, -0.2) is 4.98 Å². The molecule has 0 aliphatic carbocycles. The number of hydrogen-bond acceptors (Lipinski definition) is 3. The average molecular weight is 223 g/mol. The van der Waals surface area contributed by atoms with Crippen LogP contribution >= 0.6 is 11.3 Å². The molecule has 0 saturated carbocycles. The lowest BCUT2D eigenvalue weighted by Gasteiger charge is -2.25. The van der Waals surface area contributed by atoms with Crippen LogP contribution in [0.15, 0.2) is 17.8 Å². The molecule has 2 rings (SSSR count). The van der Waals surface area contributed by atoms with Gasteiger partial charge in [-0.1, -0.05) is 13.8 Å². The molecule has 82 valence electrons. The molecule has 0 bridgehead atoms. The molecule has 0 fully saturated rings. The highest BCUT2D eigenvalue weighted by Crippen LogP contribution is 2.19. The lowest BCUT2D eigenvalue weighted by Crippen LogP contribution is -2.40. The van der Waals surface area contributed by atoms with E-state index in [1.807, 2.05) is 11.6 Å². The first-order valence-corrected chi connectivity index (χ1v) is 6.25. The van der Waals surface area contributed by atoms with E-state index in [1.165, 1.54) is 0 Å². The summed E-state index contributed by atoms with van der Waals surface area (Å²) in [5, 5.41) is 2.04. The minimum absolute atomic E-state index is 0.0932. The highest BCUT2D eigenvalue weighted by atomic mass is 32.1. The number of thiazole rings is 1. The molecule has 0 amide bonds. The number of aromatic nitrogens is 2. The number of rotatable bonds is 4. The first-order chi connectivity index (χ1) is 7.17. The smallest absolute Gasteiger partial charge is 0.193 e. The van der Waals surface area contributed by atoms with Crippen molar-refractivity contribution in [3.05, 3.63) is 23.5 Å². The maximum atomic E-state index is 6.27. The largest absolute Gasteiger partial charge is 0.325 e. The maximum absolute atomic E-state index is 6.27. The van der Waals surface area contributed by atoms with E-state index in [4.69, 9.17) is 5.73 Å². The standard InChI is InChI=1S/C11H17N3S/c1-3-11(12,4-2)7-9-8-14-5-6-15-10(14)13-9/h5-6,8H,3-4,7,12H2,1-2H3. The van der Waals surface area contributed by atoms with Crippen LogP contribution in [0.1, 0.15) is 32.4 Å². The molecule has 4 heteroatoms. The Labute approximate surface area is 93.9 Å². The predicted octanol–water partition coefficient (Wildman–Crippen LogP) is 2.46. The summed E-state index contributed by atoms with van der Waals surface area (Å²) in [4.78, 5) is 5.61. The molecule has 0 aliphatic rings. The zero-order chi connectivity index (χ0) is 10.9. The topological polar surface area (TPSA) is 43.3 Å². The molecule has 0 aliphatic heterocycles. The maximum Gasteiger partial charge on any atom is 0.193 e. The van der Waals surface area contributed by atoms with E-state index in [1.54, 1.807) is 11.3 Å². The summed E-state index contributed by atoms with van der Waals surface area (Å²) in [7, 11) is 0. The van der Waals surface area contributed by atoms with Gasteiger partial charge in [0.2, 0.25) is 0 Å². The summed E-state index contributed by atoms with van der Waals surface area (Å²) in [5.41, 5.74) is 7.28. The van der Waals surface area contributed by atoms with Gasteiger partial charge < -0.3 is 5.73 Å². The van der Waals surface area contributed by atoms with Gasteiger partial charge in [0.1, 0.15) is 0 Å². The van der Waals surface area contributed by atoms with Crippen LogP contribution in [-0.2, 0) is 6.42 Å². The number of nitrogens with two attached hydrogens (primary N) is 1. The Morgan fingerprint density at radius 1 is 1.47 bits per heavy atom. The van der Waals surface area contributed by atoms with Crippen molar-refractivity contribution in [2.24, 2.45) is 5.73 Å². The van der Waals surface area contributed by atoms with Crippen molar-refractivity contribution in [3.8, 4) is 0 Å². The first-order valence-electron chi connectivity index (χ1n) is 5.37. The van der Waals surface area contributed by atoms with Crippen LogP contribution in [0.2, 0.25) is 0 Å². The second kappa shape index (κ2) is 3.94. The van der Waals surface area contributed by atoms with Crippen LogP contribution in [0.25, 0.3) is 4.96 Å². The molecule has 0 atom stereocenters. The summed E-state index contributed by atoms with van der Waals surface area (Å²) in [6, 6.07) is 0. The molecule has 0 spiro atoms. The molecule has 15 heavy (non-hydrogen) atoms. The van der Waals surface area contributed by atoms with E-state index in [0.717, 1.165) is 29.9 Å². The molecule has 0 saturated heterocycles. The second-order valence-electron chi connectivity index (χ2n) is 4.07. The molecule has 2 heterocycles. The minimum Gasteiger partial charge on any atom is -0.325 e. The second-order valence-corrected chi connectivity index (χ2v) is 4.94. The molecule has 0 unspecified atom stereocenters. The Hall–Kier alpha value is -0.870. The van der Waals surface area contributed by atoms with Crippen molar-refractivity contribution >= 4 is 16.3 Å². The summed E-state index contributed by atoms with van der Waals surface area (Å²) < 4.78 is 2.06.